The SMILES string of the molecule is c1ccc(-c2cc(-c3cccnc3)nc(-c3cc(-c4cc(-c5nc(-c6cccnc6)cc(-c6ccccn6)n5)cc(N5c6ccccc6Sc6ccccc65)c4)cc(N4c5ccccc5Sc5ccccc54)c3)n2)nc1. The molecule has 10 nitrogen and oxygen atoms in total. The van der Waals surface area contributed by atoms with Crippen LogP contribution in [0, 0.1) is 0 Å². The van der Waals surface area contributed by atoms with Crippen LogP contribution in [0.1, 0.15) is 0 Å². The van der Waals surface area contributed by atoms with Crippen molar-refractivity contribution < 1.29 is 0 Å². The molecule has 0 saturated carbocycles. The molecule has 14 rings (SSSR count). The van der Waals surface area contributed by atoms with Crippen LogP contribution in [-0.4, -0.2) is 39.9 Å². The number of fused-ring (bicyclic) bond motifs is 4. The molecule has 0 saturated heterocycles. The van der Waals surface area contributed by atoms with Gasteiger partial charge < -0.3 is 9.80 Å². The van der Waals surface area contributed by atoms with E-state index in [4.69, 9.17) is 29.9 Å². The van der Waals surface area contributed by atoms with Crippen molar-refractivity contribution in [3.8, 4) is 79.2 Å². The summed E-state index contributed by atoms with van der Waals surface area (Å²) in [6.07, 6.45) is 10.8. The third kappa shape index (κ3) is 8.50. The molecule has 6 aromatic heterocycles. The van der Waals surface area contributed by atoms with Gasteiger partial charge >= 0.3 is 0 Å². The fourth-order valence-electron chi connectivity index (χ4n) is 9.81. The second kappa shape index (κ2) is 19.3. The van der Waals surface area contributed by atoms with Crippen LogP contribution in [0.15, 0.2) is 263 Å². The zero-order valence-corrected chi connectivity index (χ0v) is 42.0. The quantitative estimate of drug-likeness (QED) is 0.137. The monoisotopic (exact) mass is 1010 g/mol. The van der Waals surface area contributed by atoms with Gasteiger partial charge in [-0.15, -0.1) is 0 Å². The van der Waals surface area contributed by atoms with Crippen LogP contribution in [-0.2, 0) is 0 Å². The first-order valence-corrected chi connectivity index (χ1v) is 26.3. The van der Waals surface area contributed by atoms with Crippen molar-refractivity contribution in [3.63, 3.8) is 0 Å². The average Bonchev–Trinajstić information content (AvgIpc) is 3.55. The van der Waals surface area contributed by atoms with Crippen molar-refractivity contribution in [3.05, 3.63) is 243 Å². The van der Waals surface area contributed by atoms with Gasteiger partial charge in [0.05, 0.1) is 56.9 Å². The van der Waals surface area contributed by atoms with E-state index in [1.807, 2.05) is 85.2 Å². The highest BCUT2D eigenvalue weighted by Gasteiger charge is 2.29. The number of aromatic nitrogens is 8. The van der Waals surface area contributed by atoms with Gasteiger partial charge in [0, 0.05) is 90.4 Å². The minimum atomic E-state index is 0.540. The number of para-hydroxylation sites is 4. The molecule has 0 spiro atoms. The molecule has 8 heterocycles. The van der Waals surface area contributed by atoms with Crippen LogP contribution in [0.2, 0.25) is 0 Å². The molecule has 0 amide bonds. The van der Waals surface area contributed by atoms with Crippen molar-refractivity contribution in [2.75, 3.05) is 9.80 Å². The molecule has 358 valence electrons. The molecular formula is C64H40N10S2. The first-order valence-electron chi connectivity index (χ1n) is 24.7. The van der Waals surface area contributed by atoms with E-state index >= 15 is 0 Å². The fraction of sp³-hybridized carbons (Fsp3) is 0. The molecule has 0 N–H and O–H groups in total. The molecule has 0 fully saturated rings. The summed E-state index contributed by atoms with van der Waals surface area (Å²) >= 11 is 3.56. The number of rotatable bonds is 9. The zero-order chi connectivity index (χ0) is 50.4. The maximum Gasteiger partial charge on any atom is 0.160 e. The molecule has 6 aromatic carbocycles. The van der Waals surface area contributed by atoms with Gasteiger partial charge in [0.25, 0.3) is 0 Å². The second-order valence-corrected chi connectivity index (χ2v) is 20.3. The van der Waals surface area contributed by atoms with E-state index in [1.54, 1.807) is 48.3 Å². The van der Waals surface area contributed by atoms with Crippen molar-refractivity contribution in [2.24, 2.45) is 0 Å². The number of anilines is 6. The lowest BCUT2D eigenvalue weighted by Gasteiger charge is -2.34. The van der Waals surface area contributed by atoms with Crippen molar-refractivity contribution in [1.29, 1.82) is 0 Å². The second-order valence-electron chi connectivity index (χ2n) is 18.1. The molecule has 76 heavy (non-hydrogen) atoms. The first kappa shape index (κ1) is 45.0. The Balaban J connectivity index is 1.05. The van der Waals surface area contributed by atoms with Crippen molar-refractivity contribution in [2.45, 2.75) is 19.6 Å². The molecule has 0 radical (unpaired) electrons. The van der Waals surface area contributed by atoms with Crippen LogP contribution in [0.4, 0.5) is 34.1 Å². The summed E-state index contributed by atoms with van der Waals surface area (Å²) in [5.41, 5.74) is 15.7. The highest BCUT2D eigenvalue weighted by Crippen LogP contribution is 2.54. The highest BCUT2D eigenvalue weighted by atomic mass is 32.2. The fourth-order valence-corrected chi connectivity index (χ4v) is 11.9. The smallest absolute Gasteiger partial charge is 0.160 e. The summed E-state index contributed by atoms with van der Waals surface area (Å²) in [7, 11) is 0. The van der Waals surface area contributed by atoms with Gasteiger partial charge in [-0.3, -0.25) is 19.9 Å². The van der Waals surface area contributed by atoms with Crippen LogP contribution < -0.4 is 9.80 Å². The predicted octanol–water partition coefficient (Wildman–Crippen LogP) is 16.4. The molecule has 2 aliphatic heterocycles. The normalized spacial score (nSPS) is 12.3. The van der Waals surface area contributed by atoms with Crippen LogP contribution >= 0.6 is 23.5 Å². The van der Waals surface area contributed by atoms with Gasteiger partial charge in [0.2, 0.25) is 0 Å². The first-order chi connectivity index (χ1) is 37.6. The van der Waals surface area contributed by atoms with E-state index in [2.05, 4.69) is 153 Å². The predicted molar refractivity (Wildman–Crippen MR) is 304 cm³/mol. The molecule has 12 aromatic rings. The molecule has 0 aliphatic carbocycles. The summed E-state index contributed by atoms with van der Waals surface area (Å²) in [6, 6.07) is 71.3. The van der Waals surface area contributed by atoms with Gasteiger partial charge in [-0.1, -0.05) is 84.2 Å². The number of hydrogen-bond donors (Lipinski definition) is 0. The molecule has 12 heteroatoms. The zero-order valence-electron chi connectivity index (χ0n) is 40.4. The summed E-state index contributed by atoms with van der Waals surface area (Å²) in [6.45, 7) is 0. The molecule has 2 aliphatic rings. The van der Waals surface area contributed by atoms with Crippen LogP contribution in [0.25, 0.3) is 79.2 Å². The summed E-state index contributed by atoms with van der Waals surface area (Å²) in [4.78, 5) is 49.2. The van der Waals surface area contributed by atoms with E-state index in [0.717, 1.165) is 110 Å². The minimum absolute atomic E-state index is 0.540. The summed E-state index contributed by atoms with van der Waals surface area (Å²) in [5, 5.41) is 0. The Hall–Kier alpha value is -9.62. The lowest BCUT2D eigenvalue weighted by molar-refractivity contribution is 1.14. The summed E-state index contributed by atoms with van der Waals surface area (Å²) in [5.74, 6) is 1.08. The van der Waals surface area contributed by atoms with Gasteiger partial charge in [0.15, 0.2) is 11.6 Å². The Labute approximate surface area is 447 Å². The Bertz CT molecular complexity index is 3670. The number of nitrogens with zero attached hydrogens (tertiary/aromatic N) is 10. The largest absolute Gasteiger partial charge is 0.308 e. The van der Waals surface area contributed by atoms with Crippen LogP contribution in [0.3, 0.4) is 0 Å². The lowest BCUT2D eigenvalue weighted by atomic mass is 9.97. The van der Waals surface area contributed by atoms with E-state index < -0.39 is 0 Å². The maximum atomic E-state index is 5.35. The number of pyridine rings is 4. The number of hydrogen-bond acceptors (Lipinski definition) is 12. The molecule has 0 bridgehead atoms. The Morgan fingerprint density at radius 2 is 0.645 bits per heavy atom. The van der Waals surface area contributed by atoms with E-state index in [9.17, 15) is 0 Å². The topological polar surface area (TPSA) is 110 Å². The minimum Gasteiger partial charge on any atom is -0.308 e. The molecule has 0 unspecified atom stereocenters. The van der Waals surface area contributed by atoms with E-state index in [-0.39, 0.29) is 0 Å². The Morgan fingerprint density at radius 3 is 1.01 bits per heavy atom. The third-order valence-corrected chi connectivity index (χ3v) is 15.5. The number of benzene rings is 6. The van der Waals surface area contributed by atoms with Gasteiger partial charge in [-0.25, -0.2) is 19.9 Å². The Kier molecular flexibility index (Phi) is 11.5. The summed E-state index contributed by atoms with van der Waals surface area (Å²) < 4.78 is 0. The molecule has 0 atom stereocenters. The van der Waals surface area contributed by atoms with Crippen molar-refractivity contribution in [1.82, 2.24) is 39.9 Å². The third-order valence-electron chi connectivity index (χ3n) is 13.3. The lowest BCUT2D eigenvalue weighted by Crippen LogP contribution is -2.15. The molecular weight excluding hydrogens is 973 g/mol. The average molecular weight is 1010 g/mol. The highest BCUT2D eigenvalue weighted by molar-refractivity contribution is 8.00. The Morgan fingerprint density at radius 1 is 0.276 bits per heavy atom. The standard InChI is InChI=1S/C64H40N10S2/c1-5-23-59-55(19-1)73(56-20-2-6-24-60(56)75-59)47-33-43(31-45(35-47)63-69-51(41-15-13-27-65-39-41)37-53(71-63)49-17-9-11-29-67-49)44-32-46(36-48(34-44)74-57-21-3-7-25-61(57)76-62-26-8-4-22-58(62)74)64-70-52(42-16-14-28-66-40-42)38-54(72-64)50-18-10-12-30-68-50/h1-40H. The van der Waals surface area contributed by atoms with Crippen molar-refractivity contribution >= 4 is 57.6 Å². The van der Waals surface area contributed by atoms with Gasteiger partial charge in [-0.05, 0) is 157 Å². The van der Waals surface area contributed by atoms with Crippen LogP contribution in [0.5, 0.6) is 0 Å². The maximum absolute atomic E-state index is 5.35. The van der Waals surface area contributed by atoms with Gasteiger partial charge in [0.1, 0.15) is 0 Å². The van der Waals surface area contributed by atoms with E-state index in [0.29, 0.717) is 23.0 Å². The van der Waals surface area contributed by atoms with Gasteiger partial charge in [-0.2, -0.15) is 0 Å². The van der Waals surface area contributed by atoms with E-state index in [1.165, 1.54) is 0 Å².